The van der Waals surface area contributed by atoms with E-state index in [0.29, 0.717) is 6.54 Å². The summed E-state index contributed by atoms with van der Waals surface area (Å²) in [5.41, 5.74) is 0. The van der Waals surface area contributed by atoms with Crippen molar-refractivity contribution in [3.8, 4) is 0 Å². The van der Waals surface area contributed by atoms with Crippen molar-refractivity contribution in [1.29, 1.82) is 0 Å². The van der Waals surface area contributed by atoms with E-state index < -0.39 is 17.8 Å². The van der Waals surface area contributed by atoms with Crippen LogP contribution < -0.4 is 0 Å². The van der Waals surface area contributed by atoms with E-state index in [1.54, 1.807) is 23.3 Å². The Kier molecular flexibility index (Phi) is 4.92. The lowest BCUT2D eigenvalue weighted by molar-refractivity contribution is -0.143. The highest BCUT2D eigenvalue weighted by Crippen LogP contribution is 2.23. The molecule has 1 aliphatic rings. The van der Waals surface area contributed by atoms with Gasteiger partial charge in [0.25, 0.3) is 0 Å². The molecular formula is C13H14BrN3O3S. The van der Waals surface area contributed by atoms with Crippen molar-refractivity contribution in [3.05, 3.63) is 33.5 Å². The van der Waals surface area contributed by atoms with Gasteiger partial charge >= 0.3 is 17.8 Å². The summed E-state index contributed by atoms with van der Waals surface area (Å²) in [4.78, 5) is 40.3. The topological polar surface area (TPSA) is 60.9 Å². The molecule has 0 spiro atoms. The Labute approximate surface area is 134 Å². The zero-order valence-electron chi connectivity index (χ0n) is 11.4. The number of nitrogens with zero attached hydrogens (tertiary/aromatic N) is 3. The van der Waals surface area contributed by atoms with Gasteiger partial charge in [0, 0.05) is 18.0 Å². The number of hydrogen-bond acceptors (Lipinski definition) is 5. The van der Waals surface area contributed by atoms with Gasteiger partial charge < -0.3 is 0 Å². The lowest BCUT2D eigenvalue weighted by Crippen LogP contribution is -2.40. The highest BCUT2D eigenvalue weighted by molar-refractivity contribution is 9.11. The minimum Gasteiger partial charge on any atom is -0.283 e. The smallest absolute Gasteiger partial charge is 0.283 e. The van der Waals surface area contributed by atoms with Gasteiger partial charge in [0.15, 0.2) is 0 Å². The molecule has 0 bridgehead atoms. The number of carbonyl (C=O) groups excluding carboxylic acids is 3. The van der Waals surface area contributed by atoms with Crippen LogP contribution in [0, 0.1) is 0 Å². The van der Waals surface area contributed by atoms with Crippen LogP contribution in [0.3, 0.4) is 0 Å². The highest BCUT2D eigenvalue weighted by atomic mass is 79.9. The maximum absolute atomic E-state index is 12.0. The van der Waals surface area contributed by atoms with E-state index in [1.165, 1.54) is 6.08 Å². The molecule has 1 fully saturated rings. The quantitative estimate of drug-likeness (QED) is 0.435. The van der Waals surface area contributed by atoms with E-state index in [1.807, 2.05) is 12.1 Å². The summed E-state index contributed by atoms with van der Waals surface area (Å²) in [6, 6.07) is 3.31. The van der Waals surface area contributed by atoms with E-state index in [0.717, 1.165) is 18.5 Å². The lowest BCUT2D eigenvalue weighted by Gasteiger charge is -2.21. The SMILES string of the molecule is C=CCN1C(=O)C(=O)N(CN(C)Cc2ccc(Br)s2)C1=O. The summed E-state index contributed by atoms with van der Waals surface area (Å²) in [6.45, 7) is 4.18. The molecule has 2 rings (SSSR count). The van der Waals surface area contributed by atoms with Crippen LogP contribution in [0.15, 0.2) is 28.6 Å². The van der Waals surface area contributed by atoms with Crippen molar-refractivity contribution in [3.63, 3.8) is 0 Å². The second kappa shape index (κ2) is 6.50. The first-order chi connectivity index (χ1) is 9.93. The van der Waals surface area contributed by atoms with Crippen molar-refractivity contribution >= 4 is 45.1 Å². The van der Waals surface area contributed by atoms with Crippen LogP contribution in [0.25, 0.3) is 0 Å². The summed E-state index contributed by atoms with van der Waals surface area (Å²) < 4.78 is 1.02. The van der Waals surface area contributed by atoms with Gasteiger partial charge in [-0.1, -0.05) is 6.08 Å². The summed E-state index contributed by atoms with van der Waals surface area (Å²) in [5, 5.41) is 0. The lowest BCUT2D eigenvalue weighted by atomic mass is 10.4. The van der Waals surface area contributed by atoms with Crippen molar-refractivity contribution < 1.29 is 14.4 Å². The number of urea groups is 1. The second-order valence-electron chi connectivity index (χ2n) is 4.58. The van der Waals surface area contributed by atoms with Crippen molar-refractivity contribution in [2.75, 3.05) is 20.3 Å². The number of thiophene rings is 1. The Bertz CT molecular complexity index is 601. The second-order valence-corrected chi connectivity index (χ2v) is 7.13. The molecule has 21 heavy (non-hydrogen) atoms. The van der Waals surface area contributed by atoms with Gasteiger partial charge in [0.1, 0.15) is 0 Å². The molecule has 0 atom stereocenters. The molecular weight excluding hydrogens is 358 g/mol. The first kappa shape index (κ1) is 15.9. The van der Waals surface area contributed by atoms with Crippen LogP contribution in [0.5, 0.6) is 0 Å². The molecule has 112 valence electrons. The van der Waals surface area contributed by atoms with E-state index in [4.69, 9.17) is 0 Å². The molecule has 0 aliphatic carbocycles. The third-order valence-corrected chi connectivity index (χ3v) is 4.49. The fourth-order valence-electron chi connectivity index (χ4n) is 1.96. The van der Waals surface area contributed by atoms with Gasteiger partial charge in [-0.3, -0.25) is 19.4 Å². The molecule has 0 aromatic carbocycles. The molecule has 4 amide bonds. The predicted molar refractivity (Wildman–Crippen MR) is 82.5 cm³/mol. The Morgan fingerprint density at radius 2 is 1.95 bits per heavy atom. The van der Waals surface area contributed by atoms with E-state index in [2.05, 4.69) is 22.5 Å². The van der Waals surface area contributed by atoms with E-state index in [9.17, 15) is 14.4 Å². The Hall–Kier alpha value is -1.51. The summed E-state index contributed by atoms with van der Waals surface area (Å²) in [6.07, 6.45) is 1.42. The average molecular weight is 372 g/mol. The molecule has 0 saturated carbocycles. The minimum absolute atomic E-state index is 0.0431. The number of hydrogen-bond donors (Lipinski definition) is 0. The maximum atomic E-state index is 12.0. The van der Waals surface area contributed by atoms with Gasteiger partial charge in [0.05, 0.1) is 10.5 Å². The summed E-state index contributed by atoms with van der Waals surface area (Å²) in [5.74, 6) is -1.59. The monoisotopic (exact) mass is 371 g/mol. The third-order valence-electron chi connectivity index (χ3n) is 2.88. The summed E-state index contributed by atoms with van der Waals surface area (Å²) in [7, 11) is 1.79. The Balaban J connectivity index is 2.01. The summed E-state index contributed by atoms with van der Waals surface area (Å²) >= 11 is 4.96. The fourth-order valence-corrected chi connectivity index (χ4v) is 3.52. The highest BCUT2D eigenvalue weighted by Gasteiger charge is 2.44. The largest absolute Gasteiger partial charge is 0.335 e. The number of amides is 4. The van der Waals surface area contributed by atoms with Gasteiger partial charge in [-0.05, 0) is 35.1 Å². The first-order valence-corrected chi connectivity index (χ1v) is 7.76. The molecule has 0 unspecified atom stereocenters. The molecule has 0 N–H and O–H groups in total. The number of halogens is 1. The van der Waals surface area contributed by atoms with Gasteiger partial charge in [0.2, 0.25) is 0 Å². The molecule has 1 aromatic heterocycles. The van der Waals surface area contributed by atoms with Gasteiger partial charge in [-0.25, -0.2) is 9.69 Å². The average Bonchev–Trinajstić information content (AvgIpc) is 2.91. The van der Waals surface area contributed by atoms with Crippen LogP contribution in [0.1, 0.15) is 4.88 Å². The van der Waals surface area contributed by atoms with Crippen molar-refractivity contribution in [1.82, 2.24) is 14.7 Å². The molecule has 6 nitrogen and oxygen atoms in total. The van der Waals surface area contributed by atoms with Crippen molar-refractivity contribution in [2.45, 2.75) is 6.54 Å². The van der Waals surface area contributed by atoms with Crippen LogP contribution >= 0.6 is 27.3 Å². The van der Waals surface area contributed by atoms with E-state index >= 15 is 0 Å². The molecule has 2 heterocycles. The Morgan fingerprint density at radius 1 is 1.29 bits per heavy atom. The zero-order valence-corrected chi connectivity index (χ0v) is 13.8. The zero-order chi connectivity index (χ0) is 15.6. The number of rotatable bonds is 6. The molecule has 0 radical (unpaired) electrons. The standard InChI is InChI=1S/C13H14BrN3O3S/c1-3-6-16-11(18)12(19)17(13(16)20)8-15(2)7-9-4-5-10(14)21-9/h3-5H,1,6-8H2,2H3. The Morgan fingerprint density at radius 3 is 2.52 bits per heavy atom. The normalized spacial score (nSPS) is 15.5. The molecule has 8 heteroatoms. The fraction of sp³-hybridized carbons (Fsp3) is 0.308. The van der Waals surface area contributed by atoms with Gasteiger partial charge in [-0.15, -0.1) is 17.9 Å². The van der Waals surface area contributed by atoms with Crippen LogP contribution in [-0.4, -0.2) is 52.8 Å². The molecule has 1 aromatic rings. The minimum atomic E-state index is -0.799. The van der Waals surface area contributed by atoms with E-state index in [-0.39, 0.29) is 13.2 Å². The molecule has 1 saturated heterocycles. The van der Waals surface area contributed by atoms with Crippen LogP contribution in [0.2, 0.25) is 0 Å². The number of carbonyl (C=O) groups is 3. The first-order valence-electron chi connectivity index (χ1n) is 6.15. The third kappa shape index (κ3) is 3.39. The number of imide groups is 2. The van der Waals surface area contributed by atoms with Crippen molar-refractivity contribution in [2.24, 2.45) is 0 Å². The maximum Gasteiger partial charge on any atom is 0.335 e. The van der Waals surface area contributed by atoms with Crippen LogP contribution in [-0.2, 0) is 16.1 Å². The molecule has 1 aliphatic heterocycles. The van der Waals surface area contributed by atoms with Crippen LogP contribution in [0.4, 0.5) is 4.79 Å². The predicted octanol–water partition coefficient (Wildman–Crippen LogP) is 1.88. The van der Waals surface area contributed by atoms with Gasteiger partial charge in [-0.2, -0.15) is 0 Å².